The Morgan fingerprint density at radius 2 is 2.22 bits per heavy atom. The maximum atomic E-state index is 11.3. The number of carboxylic acids is 1. The number of aliphatic carboxylic acids is 1. The van der Waals surface area contributed by atoms with Crippen molar-refractivity contribution in [2.45, 2.75) is 0 Å². The van der Waals surface area contributed by atoms with Crippen molar-refractivity contribution in [1.29, 1.82) is 0 Å². The van der Waals surface area contributed by atoms with Crippen LogP contribution in [0.5, 0.6) is 5.75 Å². The normalized spacial score (nSPS) is 11.3. The first-order valence-electron chi connectivity index (χ1n) is 5.32. The van der Waals surface area contributed by atoms with Gasteiger partial charge in [0.25, 0.3) is 0 Å². The first-order valence-corrected chi connectivity index (χ1v) is 6.26. The molecule has 4 heteroatoms. The maximum Gasteiger partial charge on any atom is 0.336 e. The summed E-state index contributed by atoms with van der Waals surface area (Å²) in [5, 5.41) is 12.9. The molecule has 1 N–H and O–H groups in total. The number of methoxy groups -OCH3 is 1. The van der Waals surface area contributed by atoms with Gasteiger partial charge in [0, 0.05) is 0 Å². The molecule has 0 fully saturated rings. The molecule has 0 saturated carbocycles. The smallest absolute Gasteiger partial charge is 0.336 e. The highest BCUT2D eigenvalue weighted by atomic mass is 32.1. The van der Waals surface area contributed by atoms with Crippen LogP contribution in [0.25, 0.3) is 11.6 Å². The van der Waals surface area contributed by atoms with E-state index in [-0.39, 0.29) is 5.57 Å². The van der Waals surface area contributed by atoms with E-state index in [4.69, 9.17) is 4.74 Å². The lowest BCUT2D eigenvalue weighted by atomic mass is 10.1. The summed E-state index contributed by atoms with van der Waals surface area (Å²) in [6.07, 6.45) is 1.65. The van der Waals surface area contributed by atoms with Crippen molar-refractivity contribution in [2.24, 2.45) is 0 Å². The fourth-order valence-corrected chi connectivity index (χ4v) is 2.24. The van der Waals surface area contributed by atoms with Crippen molar-refractivity contribution in [1.82, 2.24) is 0 Å². The van der Waals surface area contributed by atoms with Crippen LogP contribution >= 0.6 is 11.3 Å². The average Bonchev–Trinajstić information content (AvgIpc) is 2.89. The summed E-state index contributed by atoms with van der Waals surface area (Å²) in [5.74, 6) is -0.227. The Morgan fingerprint density at radius 1 is 1.39 bits per heavy atom. The van der Waals surface area contributed by atoms with Crippen molar-refractivity contribution < 1.29 is 14.6 Å². The lowest BCUT2D eigenvalue weighted by molar-refractivity contribution is -0.130. The molecule has 2 aromatic rings. The summed E-state index contributed by atoms with van der Waals surface area (Å²) in [7, 11) is 1.58. The fraction of sp³-hybridized carbons (Fsp3) is 0.0714. The minimum absolute atomic E-state index is 0.282. The fourth-order valence-electron chi connectivity index (χ4n) is 1.58. The average molecular weight is 260 g/mol. The van der Waals surface area contributed by atoms with E-state index >= 15 is 0 Å². The SMILES string of the molecule is COc1cccc(C=C(C(=O)O)c2ccsc2)c1. The van der Waals surface area contributed by atoms with Gasteiger partial charge in [-0.1, -0.05) is 12.1 Å². The van der Waals surface area contributed by atoms with E-state index in [1.165, 1.54) is 11.3 Å². The van der Waals surface area contributed by atoms with Crippen molar-refractivity contribution in [2.75, 3.05) is 7.11 Å². The van der Waals surface area contributed by atoms with Gasteiger partial charge in [0.2, 0.25) is 0 Å². The third-order valence-electron chi connectivity index (χ3n) is 2.47. The molecule has 0 amide bonds. The molecule has 2 rings (SSSR count). The predicted molar refractivity (Wildman–Crippen MR) is 72.8 cm³/mol. The number of carboxylic acid groups (broad SMARTS) is 1. The van der Waals surface area contributed by atoms with Crippen LogP contribution in [0, 0.1) is 0 Å². The summed E-state index contributed by atoms with van der Waals surface area (Å²) in [6.45, 7) is 0. The molecule has 0 atom stereocenters. The van der Waals surface area contributed by atoms with Crippen LogP contribution in [0.3, 0.4) is 0 Å². The molecule has 0 bridgehead atoms. The third kappa shape index (κ3) is 2.78. The van der Waals surface area contributed by atoms with E-state index < -0.39 is 5.97 Å². The molecular weight excluding hydrogens is 248 g/mol. The van der Waals surface area contributed by atoms with E-state index in [9.17, 15) is 9.90 Å². The van der Waals surface area contributed by atoms with Gasteiger partial charge < -0.3 is 9.84 Å². The van der Waals surface area contributed by atoms with E-state index in [0.29, 0.717) is 5.75 Å². The van der Waals surface area contributed by atoms with Gasteiger partial charge in [0.05, 0.1) is 12.7 Å². The summed E-state index contributed by atoms with van der Waals surface area (Å²) in [4.78, 5) is 11.3. The zero-order valence-corrected chi connectivity index (χ0v) is 10.6. The standard InChI is InChI=1S/C14H12O3S/c1-17-12-4-2-3-10(7-12)8-13(14(15)16)11-5-6-18-9-11/h2-9H,1H3,(H,15,16). The quantitative estimate of drug-likeness (QED) is 0.857. The van der Waals surface area contributed by atoms with Crippen LogP contribution in [-0.2, 0) is 4.79 Å². The Balaban J connectivity index is 2.42. The molecule has 1 heterocycles. The van der Waals surface area contributed by atoms with Gasteiger partial charge in [-0.05, 0) is 46.2 Å². The molecule has 0 spiro atoms. The summed E-state index contributed by atoms with van der Waals surface area (Å²) in [6, 6.07) is 9.10. The van der Waals surface area contributed by atoms with Crippen molar-refractivity contribution in [3.05, 3.63) is 52.2 Å². The van der Waals surface area contributed by atoms with Gasteiger partial charge in [0.1, 0.15) is 5.75 Å². The van der Waals surface area contributed by atoms with Gasteiger partial charge in [-0.15, -0.1) is 0 Å². The molecule has 0 saturated heterocycles. The van der Waals surface area contributed by atoms with Crippen LogP contribution in [0.4, 0.5) is 0 Å². The minimum atomic E-state index is -0.934. The number of benzene rings is 1. The number of thiophene rings is 1. The lowest BCUT2D eigenvalue weighted by Crippen LogP contribution is -1.98. The topological polar surface area (TPSA) is 46.5 Å². The first kappa shape index (κ1) is 12.4. The molecule has 0 unspecified atom stereocenters. The van der Waals surface area contributed by atoms with Gasteiger partial charge in [-0.3, -0.25) is 0 Å². The van der Waals surface area contributed by atoms with E-state index in [1.807, 2.05) is 29.0 Å². The molecule has 92 valence electrons. The Morgan fingerprint density at radius 3 is 2.83 bits per heavy atom. The molecule has 0 aliphatic rings. The van der Waals surface area contributed by atoms with E-state index in [0.717, 1.165) is 11.1 Å². The van der Waals surface area contributed by atoms with Crippen LogP contribution in [0.15, 0.2) is 41.1 Å². The second-order valence-corrected chi connectivity index (χ2v) is 4.43. The van der Waals surface area contributed by atoms with Crippen LogP contribution in [-0.4, -0.2) is 18.2 Å². The molecule has 3 nitrogen and oxygen atoms in total. The number of hydrogen-bond acceptors (Lipinski definition) is 3. The highest BCUT2D eigenvalue weighted by Gasteiger charge is 2.10. The Bertz CT molecular complexity index is 570. The lowest BCUT2D eigenvalue weighted by Gasteiger charge is -2.02. The van der Waals surface area contributed by atoms with E-state index in [2.05, 4.69) is 0 Å². The largest absolute Gasteiger partial charge is 0.497 e. The van der Waals surface area contributed by atoms with Gasteiger partial charge in [-0.2, -0.15) is 11.3 Å². The van der Waals surface area contributed by atoms with E-state index in [1.54, 1.807) is 25.3 Å². The molecule has 0 aliphatic carbocycles. The monoisotopic (exact) mass is 260 g/mol. The highest BCUT2D eigenvalue weighted by molar-refractivity contribution is 7.08. The Hall–Kier alpha value is -2.07. The summed E-state index contributed by atoms with van der Waals surface area (Å²) in [5.41, 5.74) is 1.80. The number of rotatable bonds is 4. The van der Waals surface area contributed by atoms with Gasteiger partial charge in [0.15, 0.2) is 0 Å². The zero-order valence-electron chi connectivity index (χ0n) is 9.79. The second kappa shape index (κ2) is 5.51. The summed E-state index contributed by atoms with van der Waals surface area (Å²) < 4.78 is 5.11. The number of ether oxygens (including phenoxy) is 1. The van der Waals surface area contributed by atoms with Crippen molar-refractivity contribution in [3.8, 4) is 5.75 Å². The van der Waals surface area contributed by atoms with Gasteiger partial charge >= 0.3 is 5.97 Å². The number of hydrogen-bond donors (Lipinski definition) is 1. The summed E-state index contributed by atoms with van der Waals surface area (Å²) >= 11 is 1.47. The maximum absolute atomic E-state index is 11.3. The molecule has 1 aromatic heterocycles. The first-order chi connectivity index (χ1) is 8.70. The molecule has 18 heavy (non-hydrogen) atoms. The highest BCUT2D eigenvalue weighted by Crippen LogP contribution is 2.22. The number of carbonyl (C=O) groups is 1. The van der Waals surface area contributed by atoms with Crippen molar-refractivity contribution >= 4 is 29.0 Å². The van der Waals surface area contributed by atoms with Crippen LogP contribution in [0.2, 0.25) is 0 Å². The molecular formula is C14H12O3S. The van der Waals surface area contributed by atoms with Crippen molar-refractivity contribution in [3.63, 3.8) is 0 Å². The third-order valence-corrected chi connectivity index (χ3v) is 3.15. The second-order valence-electron chi connectivity index (χ2n) is 3.65. The predicted octanol–water partition coefficient (Wildman–Crippen LogP) is 3.38. The zero-order chi connectivity index (χ0) is 13.0. The Kier molecular flexibility index (Phi) is 3.79. The van der Waals surface area contributed by atoms with Crippen LogP contribution in [0.1, 0.15) is 11.1 Å². The molecule has 1 aromatic carbocycles. The molecule has 0 radical (unpaired) electrons. The van der Waals surface area contributed by atoms with Crippen LogP contribution < -0.4 is 4.74 Å². The van der Waals surface area contributed by atoms with Gasteiger partial charge in [-0.25, -0.2) is 4.79 Å². The molecule has 0 aliphatic heterocycles. The Labute approximate surface area is 109 Å². The minimum Gasteiger partial charge on any atom is -0.497 e.